The fourth-order valence-corrected chi connectivity index (χ4v) is 3.47. The highest BCUT2D eigenvalue weighted by atomic mass is 35.5. The highest BCUT2D eigenvalue weighted by Gasteiger charge is 2.28. The van der Waals surface area contributed by atoms with Crippen molar-refractivity contribution in [2.45, 2.75) is 12.6 Å². The third-order valence-corrected chi connectivity index (χ3v) is 4.84. The summed E-state index contributed by atoms with van der Waals surface area (Å²) in [6.45, 7) is 1.53. The molecule has 1 amide bonds. The molecule has 2 aromatic carbocycles. The number of benzene rings is 2. The van der Waals surface area contributed by atoms with Crippen LogP contribution in [0.5, 0.6) is 0 Å². The second-order valence-electron chi connectivity index (χ2n) is 6.56. The number of rotatable bonds is 3. The van der Waals surface area contributed by atoms with Crippen LogP contribution < -0.4 is 10.9 Å². The summed E-state index contributed by atoms with van der Waals surface area (Å²) in [5.74, 6) is -0.548. The number of hydrogen-bond donors (Lipinski definition) is 1. The normalized spacial score (nSPS) is 16.6. The third kappa shape index (κ3) is 3.90. The predicted octanol–water partition coefficient (Wildman–Crippen LogP) is 2.13. The van der Waals surface area contributed by atoms with E-state index in [0.717, 1.165) is 10.9 Å². The third-order valence-electron chi connectivity index (χ3n) is 4.84. The van der Waals surface area contributed by atoms with Gasteiger partial charge in [0.05, 0.1) is 17.6 Å². The topological polar surface area (TPSA) is 67.2 Å². The quantitative estimate of drug-likeness (QED) is 0.728. The molecule has 1 fully saturated rings. The van der Waals surface area contributed by atoms with Crippen LogP contribution in [-0.4, -0.2) is 40.2 Å². The summed E-state index contributed by atoms with van der Waals surface area (Å²) in [4.78, 5) is 27.2. The first kappa shape index (κ1) is 20.0. The molecule has 1 N–H and O–H groups in total. The minimum atomic E-state index is -0.335. The number of aromatic nitrogens is 2. The van der Waals surface area contributed by atoms with Crippen LogP contribution in [0.25, 0.3) is 10.8 Å². The van der Waals surface area contributed by atoms with Crippen molar-refractivity contribution in [3.63, 3.8) is 0 Å². The molecule has 1 atom stereocenters. The molecule has 3 aromatic rings. The van der Waals surface area contributed by atoms with Gasteiger partial charge in [-0.05, 0) is 23.8 Å². The summed E-state index contributed by atoms with van der Waals surface area (Å²) >= 11 is 0. The van der Waals surface area contributed by atoms with Crippen LogP contribution in [0.4, 0.5) is 4.39 Å². The number of hydrogen-bond acceptors (Lipinski definition) is 4. The summed E-state index contributed by atoms with van der Waals surface area (Å²) in [7, 11) is 0. The second kappa shape index (κ2) is 8.50. The fourth-order valence-electron chi connectivity index (χ4n) is 3.47. The van der Waals surface area contributed by atoms with Crippen LogP contribution >= 0.6 is 12.4 Å². The average molecular weight is 403 g/mol. The number of halogens is 2. The van der Waals surface area contributed by atoms with E-state index in [1.165, 1.54) is 16.8 Å². The Balaban J connectivity index is 0.00000225. The van der Waals surface area contributed by atoms with Gasteiger partial charge in [0.1, 0.15) is 12.4 Å². The van der Waals surface area contributed by atoms with Gasteiger partial charge in [0.25, 0.3) is 5.56 Å². The molecule has 2 heterocycles. The number of fused-ring (bicyclic) bond motifs is 1. The molecular formula is C20H20ClFN4O2. The SMILES string of the molecule is Cl.O=C(Cn1ncc2ccccc2c1=O)N1CCNCC1c1cccc(F)c1. The van der Waals surface area contributed by atoms with Gasteiger partial charge in [-0.3, -0.25) is 9.59 Å². The Labute approximate surface area is 167 Å². The van der Waals surface area contributed by atoms with Crippen LogP contribution in [0.15, 0.2) is 59.5 Å². The van der Waals surface area contributed by atoms with Gasteiger partial charge in [-0.25, -0.2) is 9.07 Å². The highest BCUT2D eigenvalue weighted by molar-refractivity contribution is 5.85. The molecule has 1 aliphatic rings. The number of carbonyl (C=O) groups excluding carboxylic acids is 1. The van der Waals surface area contributed by atoms with Gasteiger partial charge < -0.3 is 10.2 Å². The van der Waals surface area contributed by atoms with Crippen molar-refractivity contribution in [2.75, 3.05) is 19.6 Å². The molecule has 8 heteroatoms. The minimum Gasteiger partial charge on any atom is -0.331 e. The van der Waals surface area contributed by atoms with E-state index in [4.69, 9.17) is 0 Å². The van der Waals surface area contributed by atoms with E-state index in [9.17, 15) is 14.0 Å². The molecule has 0 spiro atoms. The molecule has 4 rings (SSSR count). The van der Waals surface area contributed by atoms with E-state index in [-0.39, 0.29) is 42.3 Å². The predicted molar refractivity (Wildman–Crippen MR) is 107 cm³/mol. The Morgan fingerprint density at radius 1 is 1.21 bits per heavy atom. The first-order chi connectivity index (χ1) is 13.1. The van der Waals surface area contributed by atoms with Crippen molar-refractivity contribution in [1.82, 2.24) is 20.0 Å². The van der Waals surface area contributed by atoms with E-state index >= 15 is 0 Å². The van der Waals surface area contributed by atoms with Gasteiger partial charge >= 0.3 is 0 Å². The average Bonchev–Trinajstić information content (AvgIpc) is 2.70. The van der Waals surface area contributed by atoms with Gasteiger partial charge in [0.15, 0.2) is 0 Å². The summed E-state index contributed by atoms with van der Waals surface area (Å²) in [6.07, 6.45) is 1.59. The van der Waals surface area contributed by atoms with E-state index in [1.54, 1.807) is 29.3 Å². The molecule has 146 valence electrons. The Bertz CT molecular complexity index is 1060. The molecule has 1 unspecified atom stereocenters. The maximum atomic E-state index is 13.6. The fraction of sp³-hybridized carbons (Fsp3) is 0.250. The second-order valence-corrected chi connectivity index (χ2v) is 6.56. The monoisotopic (exact) mass is 402 g/mol. The first-order valence-electron chi connectivity index (χ1n) is 8.84. The number of amides is 1. The largest absolute Gasteiger partial charge is 0.331 e. The highest BCUT2D eigenvalue weighted by Crippen LogP contribution is 2.23. The van der Waals surface area contributed by atoms with Gasteiger partial charge in [0, 0.05) is 25.0 Å². The molecule has 1 aromatic heterocycles. The lowest BCUT2D eigenvalue weighted by Gasteiger charge is -2.36. The van der Waals surface area contributed by atoms with Crippen LogP contribution in [-0.2, 0) is 11.3 Å². The first-order valence-corrected chi connectivity index (χ1v) is 8.84. The molecule has 0 radical (unpaired) electrons. The molecule has 0 bridgehead atoms. The summed E-state index contributed by atoms with van der Waals surface area (Å²) in [5.41, 5.74) is 0.438. The van der Waals surface area contributed by atoms with Crippen molar-refractivity contribution < 1.29 is 9.18 Å². The van der Waals surface area contributed by atoms with Crippen molar-refractivity contribution in [2.24, 2.45) is 0 Å². The standard InChI is InChI=1S/C20H19FN4O2.ClH/c21-16-6-3-5-14(10-16)18-12-22-8-9-24(18)19(26)13-25-20(27)17-7-2-1-4-15(17)11-23-25;/h1-7,10-11,18,22H,8-9,12-13H2;1H. The molecule has 6 nitrogen and oxygen atoms in total. The Kier molecular flexibility index (Phi) is 6.06. The molecule has 1 aliphatic heterocycles. The van der Waals surface area contributed by atoms with Crippen molar-refractivity contribution in [1.29, 1.82) is 0 Å². The van der Waals surface area contributed by atoms with E-state index in [1.807, 2.05) is 18.2 Å². The van der Waals surface area contributed by atoms with Gasteiger partial charge in [-0.1, -0.05) is 30.3 Å². The van der Waals surface area contributed by atoms with Crippen molar-refractivity contribution in [3.8, 4) is 0 Å². The van der Waals surface area contributed by atoms with Crippen molar-refractivity contribution in [3.05, 3.63) is 76.5 Å². The van der Waals surface area contributed by atoms with Gasteiger partial charge in [-0.2, -0.15) is 5.10 Å². The van der Waals surface area contributed by atoms with Crippen LogP contribution in [0.2, 0.25) is 0 Å². The zero-order valence-electron chi connectivity index (χ0n) is 15.0. The molecule has 0 aliphatic carbocycles. The Morgan fingerprint density at radius 2 is 2.04 bits per heavy atom. The number of nitrogens with one attached hydrogen (secondary N) is 1. The lowest BCUT2D eigenvalue weighted by atomic mass is 10.0. The van der Waals surface area contributed by atoms with E-state index in [2.05, 4.69) is 10.4 Å². The number of piperazine rings is 1. The van der Waals surface area contributed by atoms with Crippen LogP contribution in [0.1, 0.15) is 11.6 Å². The summed E-state index contributed by atoms with van der Waals surface area (Å²) < 4.78 is 14.8. The number of nitrogens with zero attached hydrogens (tertiary/aromatic N) is 3. The summed E-state index contributed by atoms with van der Waals surface area (Å²) in [5, 5.41) is 8.64. The Hall–Kier alpha value is -2.77. The Morgan fingerprint density at radius 3 is 2.86 bits per heavy atom. The summed E-state index contributed by atoms with van der Waals surface area (Å²) in [6, 6.07) is 13.1. The molecule has 28 heavy (non-hydrogen) atoms. The lowest BCUT2D eigenvalue weighted by molar-refractivity contribution is -0.135. The maximum Gasteiger partial charge on any atom is 0.275 e. The van der Waals surface area contributed by atoms with Gasteiger partial charge in [-0.15, -0.1) is 12.4 Å². The molecule has 1 saturated heterocycles. The number of carbonyl (C=O) groups is 1. The smallest absolute Gasteiger partial charge is 0.275 e. The van der Waals surface area contributed by atoms with Crippen LogP contribution in [0, 0.1) is 5.82 Å². The minimum absolute atomic E-state index is 0. The molecule has 0 saturated carbocycles. The van der Waals surface area contributed by atoms with E-state index < -0.39 is 0 Å². The zero-order chi connectivity index (χ0) is 18.8. The van der Waals surface area contributed by atoms with Crippen molar-refractivity contribution >= 4 is 29.1 Å². The zero-order valence-corrected chi connectivity index (χ0v) is 15.9. The molecular weight excluding hydrogens is 383 g/mol. The van der Waals surface area contributed by atoms with E-state index in [0.29, 0.717) is 25.0 Å². The van der Waals surface area contributed by atoms with Crippen LogP contribution in [0.3, 0.4) is 0 Å². The maximum absolute atomic E-state index is 13.6. The van der Waals surface area contributed by atoms with Gasteiger partial charge in [0.2, 0.25) is 5.91 Å². The lowest BCUT2D eigenvalue weighted by Crippen LogP contribution is -2.50.